The van der Waals surface area contributed by atoms with Gasteiger partial charge in [0.25, 0.3) is 0 Å². The minimum absolute atomic E-state index is 0.0876. The zero-order valence-electron chi connectivity index (χ0n) is 9.91. The molecule has 1 heterocycles. The van der Waals surface area contributed by atoms with Crippen molar-refractivity contribution in [1.29, 1.82) is 0 Å². The van der Waals surface area contributed by atoms with E-state index in [0.717, 1.165) is 5.69 Å². The highest BCUT2D eigenvalue weighted by Crippen LogP contribution is 2.48. The Morgan fingerprint density at radius 3 is 2.56 bits per heavy atom. The molecule has 0 saturated carbocycles. The molecule has 1 aliphatic rings. The second-order valence-corrected chi connectivity index (χ2v) is 4.99. The average Bonchev–Trinajstić information content (AvgIpc) is 2.50. The molecule has 2 aromatic rings. The lowest BCUT2D eigenvalue weighted by Gasteiger charge is -2.22. The van der Waals surface area contributed by atoms with Gasteiger partial charge >= 0.3 is 0 Å². The largest absolute Gasteiger partial charge is 0.261 e. The van der Waals surface area contributed by atoms with Gasteiger partial charge in [-0.15, -0.1) is 0 Å². The second kappa shape index (κ2) is 2.94. The Hall–Kier alpha value is -1.63. The van der Waals surface area contributed by atoms with Crippen LogP contribution in [0.25, 0.3) is 11.1 Å². The minimum atomic E-state index is 0.0876. The highest BCUT2D eigenvalue weighted by atomic mass is 14.7. The fourth-order valence-electron chi connectivity index (χ4n) is 2.98. The van der Waals surface area contributed by atoms with E-state index in [1.807, 2.05) is 6.20 Å². The summed E-state index contributed by atoms with van der Waals surface area (Å²) >= 11 is 0. The first kappa shape index (κ1) is 9.59. The van der Waals surface area contributed by atoms with Crippen LogP contribution in [0.15, 0.2) is 36.5 Å². The Morgan fingerprint density at radius 1 is 1.00 bits per heavy atom. The SMILES string of the molecule is Cc1nccc2c1C(C)(C)c1ccccc1-2. The summed E-state index contributed by atoms with van der Waals surface area (Å²) in [5.41, 5.74) is 6.77. The van der Waals surface area contributed by atoms with Crippen LogP contribution in [0.5, 0.6) is 0 Å². The zero-order chi connectivity index (χ0) is 11.3. The van der Waals surface area contributed by atoms with E-state index in [1.165, 1.54) is 22.3 Å². The number of pyridine rings is 1. The topological polar surface area (TPSA) is 12.9 Å². The molecular formula is C15H15N. The molecule has 0 fully saturated rings. The van der Waals surface area contributed by atoms with E-state index >= 15 is 0 Å². The number of aromatic nitrogens is 1. The lowest BCUT2D eigenvalue weighted by Crippen LogP contribution is -2.16. The average molecular weight is 209 g/mol. The third-order valence-corrected chi connectivity index (χ3v) is 3.66. The highest BCUT2D eigenvalue weighted by Gasteiger charge is 2.36. The van der Waals surface area contributed by atoms with Crippen LogP contribution in [-0.4, -0.2) is 4.98 Å². The van der Waals surface area contributed by atoms with Crippen LogP contribution in [0, 0.1) is 6.92 Å². The molecule has 0 amide bonds. The summed E-state index contributed by atoms with van der Waals surface area (Å²) in [4.78, 5) is 4.43. The van der Waals surface area contributed by atoms with Crippen LogP contribution >= 0.6 is 0 Å². The standard InChI is InChI=1S/C15H15N/c1-10-14-12(8-9-16-10)11-6-4-5-7-13(11)15(14,2)3/h4-9H,1-3H3. The first-order chi connectivity index (χ1) is 7.62. The van der Waals surface area contributed by atoms with Crippen molar-refractivity contribution in [1.82, 2.24) is 4.98 Å². The van der Waals surface area contributed by atoms with E-state index in [-0.39, 0.29) is 5.41 Å². The van der Waals surface area contributed by atoms with Gasteiger partial charge in [0.05, 0.1) is 0 Å². The zero-order valence-corrected chi connectivity index (χ0v) is 9.91. The molecule has 0 bridgehead atoms. The van der Waals surface area contributed by atoms with Gasteiger partial charge in [0.2, 0.25) is 0 Å². The summed E-state index contributed by atoms with van der Waals surface area (Å²) in [6.07, 6.45) is 1.91. The molecule has 1 nitrogen and oxygen atoms in total. The third-order valence-electron chi connectivity index (χ3n) is 3.66. The van der Waals surface area contributed by atoms with Gasteiger partial charge in [-0.1, -0.05) is 38.1 Å². The third kappa shape index (κ3) is 1.03. The molecule has 1 aromatic heterocycles. The number of nitrogens with zero attached hydrogens (tertiary/aromatic N) is 1. The van der Waals surface area contributed by atoms with Crippen molar-refractivity contribution in [2.75, 3.05) is 0 Å². The predicted octanol–water partition coefficient (Wildman–Crippen LogP) is 3.70. The van der Waals surface area contributed by atoms with Crippen LogP contribution in [0.4, 0.5) is 0 Å². The number of benzene rings is 1. The molecule has 3 rings (SSSR count). The van der Waals surface area contributed by atoms with E-state index < -0.39 is 0 Å². The molecular weight excluding hydrogens is 194 g/mol. The van der Waals surface area contributed by atoms with Crippen molar-refractivity contribution in [3.05, 3.63) is 53.3 Å². The van der Waals surface area contributed by atoms with E-state index in [2.05, 4.69) is 56.1 Å². The predicted molar refractivity (Wildman–Crippen MR) is 66.5 cm³/mol. The summed E-state index contributed by atoms with van der Waals surface area (Å²) in [5.74, 6) is 0. The molecule has 0 atom stereocenters. The van der Waals surface area contributed by atoms with E-state index in [9.17, 15) is 0 Å². The van der Waals surface area contributed by atoms with Gasteiger partial charge in [0.15, 0.2) is 0 Å². The van der Waals surface area contributed by atoms with Crippen LogP contribution in [0.3, 0.4) is 0 Å². The lowest BCUT2D eigenvalue weighted by atomic mass is 9.82. The fraction of sp³-hybridized carbons (Fsp3) is 0.267. The second-order valence-electron chi connectivity index (χ2n) is 4.99. The molecule has 1 aromatic carbocycles. The van der Waals surface area contributed by atoms with Gasteiger partial charge in [-0.25, -0.2) is 0 Å². The monoisotopic (exact) mass is 209 g/mol. The first-order valence-electron chi connectivity index (χ1n) is 5.68. The molecule has 0 N–H and O–H groups in total. The molecule has 0 radical (unpaired) electrons. The van der Waals surface area contributed by atoms with Crippen molar-refractivity contribution >= 4 is 0 Å². The Balaban J connectivity index is 2.44. The number of aryl methyl sites for hydroxylation is 1. The van der Waals surface area contributed by atoms with Crippen LogP contribution < -0.4 is 0 Å². The summed E-state index contributed by atoms with van der Waals surface area (Å²) in [7, 11) is 0. The normalized spacial score (nSPS) is 15.7. The maximum absolute atomic E-state index is 4.43. The number of rotatable bonds is 0. The Morgan fingerprint density at radius 2 is 1.75 bits per heavy atom. The van der Waals surface area contributed by atoms with E-state index in [0.29, 0.717) is 0 Å². The van der Waals surface area contributed by atoms with Gasteiger partial charge < -0.3 is 0 Å². The summed E-state index contributed by atoms with van der Waals surface area (Å²) in [6.45, 7) is 6.67. The van der Waals surface area contributed by atoms with Gasteiger partial charge in [-0.3, -0.25) is 4.98 Å². The summed E-state index contributed by atoms with van der Waals surface area (Å²) in [6, 6.07) is 10.8. The fourth-order valence-corrected chi connectivity index (χ4v) is 2.98. The molecule has 0 unspecified atom stereocenters. The quantitative estimate of drug-likeness (QED) is 0.644. The van der Waals surface area contributed by atoms with Crippen LogP contribution in [0.1, 0.15) is 30.7 Å². The van der Waals surface area contributed by atoms with Crippen molar-refractivity contribution in [3.8, 4) is 11.1 Å². The molecule has 0 aliphatic heterocycles. The van der Waals surface area contributed by atoms with Gasteiger partial charge in [0.1, 0.15) is 0 Å². The Bertz CT molecular complexity index is 567. The molecule has 16 heavy (non-hydrogen) atoms. The van der Waals surface area contributed by atoms with Gasteiger partial charge in [-0.2, -0.15) is 0 Å². The maximum Gasteiger partial charge on any atom is 0.0419 e. The van der Waals surface area contributed by atoms with Crippen LogP contribution in [-0.2, 0) is 5.41 Å². The lowest BCUT2D eigenvalue weighted by molar-refractivity contribution is 0.651. The van der Waals surface area contributed by atoms with E-state index in [4.69, 9.17) is 0 Å². The summed E-state index contributed by atoms with van der Waals surface area (Å²) in [5, 5.41) is 0. The molecule has 1 aliphatic carbocycles. The Kier molecular flexibility index (Phi) is 1.76. The van der Waals surface area contributed by atoms with Gasteiger partial charge in [0, 0.05) is 17.3 Å². The number of fused-ring (bicyclic) bond motifs is 3. The molecule has 0 spiro atoms. The number of hydrogen-bond acceptors (Lipinski definition) is 1. The van der Waals surface area contributed by atoms with Crippen molar-refractivity contribution in [2.45, 2.75) is 26.2 Å². The number of hydrogen-bond donors (Lipinski definition) is 0. The summed E-state index contributed by atoms with van der Waals surface area (Å²) < 4.78 is 0. The van der Waals surface area contributed by atoms with E-state index in [1.54, 1.807) is 0 Å². The van der Waals surface area contributed by atoms with Crippen molar-refractivity contribution < 1.29 is 0 Å². The Labute approximate surface area is 96.2 Å². The van der Waals surface area contributed by atoms with Gasteiger partial charge in [-0.05, 0) is 35.2 Å². The minimum Gasteiger partial charge on any atom is -0.261 e. The molecule has 1 heteroatoms. The highest BCUT2D eigenvalue weighted by molar-refractivity contribution is 5.80. The smallest absolute Gasteiger partial charge is 0.0419 e. The first-order valence-corrected chi connectivity index (χ1v) is 5.68. The maximum atomic E-state index is 4.43. The molecule has 0 saturated heterocycles. The van der Waals surface area contributed by atoms with Crippen molar-refractivity contribution in [2.24, 2.45) is 0 Å². The molecule has 80 valence electrons. The van der Waals surface area contributed by atoms with Crippen LogP contribution in [0.2, 0.25) is 0 Å². The van der Waals surface area contributed by atoms with Crippen molar-refractivity contribution in [3.63, 3.8) is 0 Å².